The van der Waals surface area contributed by atoms with Gasteiger partial charge in [0.1, 0.15) is 5.69 Å². The zero-order valence-electron chi connectivity index (χ0n) is 11.8. The number of rotatable bonds is 7. The smallest absolute Gasteiger partial charge is 0.293 e. The highest BCUT2D eigenvalue weighted by atomic mass is 16.6. The van der Waals surface area contributed by atoms with E-state index in [1.807, 2.05) is 13.8 Å². The molecule has 1 atom stereocenters. The lowest BCUT2D eigenvalue weighted by Crippen LogP contribution is -2.32. The summed E-state index contributed by atoms with van der Waals surface area (Å²) in [5.41, 5.74) is 0.322. The summed E-state index contributed by atoms with van der Waals surface area (Å²) in [4.78, 5) is 22.5. The number of nitro groups is 1. The number of carbonyl (C=O) groups excluding carboxylic acids is 1. The van der Waals surface area contributed by atoms with Gasteiger partial charge >= 0.3 is 0 Å². The molecule has 7 heteroatoms. The van der Waals surface area contributed by atoms with Gasteiger partial charge in [-0.1, -0.05) is 6.07 Å². The second-order valence-electron chi connectivity index (χ2n) is 4.18. The van der Waals surface area contributed by atoms with Gasteiger partial charge in [-0.25, -0.2) is 0 Å². The average Bonchev–Trinajstić information content (AvgIpc) is 2.44. The number of carbonyl (C=O) groups is 1. The number of nitro benzene ring substituents is 1. The molecular formula is C13H19N3O4. The van der Waals surface area contributed by atoms with Crippen molar-refractivity contribution in [2.24, 2.45) is 0 Å². The lowest BCUT2D eigenvalue weighted by Gasteiger charge is -2.14. The molecule has 20 heavy (non-hydrogen) atoms. The maximum absolute atomic E-state index is 12.1. The quantitative estimate of drug-likeness (QED) is 0.587. The summed E-state index contributed by atoms with van der Waals surface area (Å²) >= 11 is 0. The van der Waals surface area contributed by atoms with Crippen LogP contribution in [0.5, 0.6) is 0 Å². The van der Waals surface area contributed by atoms with Crippen LogP contribution >= 0.6 is 0 Å². The summed E-state index contributed by atoms with van der Waals surface area (Å²) in [5, 5.41) is 16.3. The zero-order valence-corrected chi connectivity index (χ0v) is 11.8. The van der Waals surface area contributed by atoms with Gasteiger partial charge in [0.05, 0.1) is 16.6 Å². The van der Waals surface area contributed by atoms with Gasteiger partial charge in [-0.05, 0) is 19.9 Å². The molecule has 2 N–H and O–H groups in total. The van der Waals surface area contributed by atoms with E-state index in [1.165, 1.54) is 12.1 Å². The zero-order chi connectivity index (χ0) is 15.1. The molecule has 0 aliphatic rings. The van der Waals surface area contributed by atoms with Crippen LogP contribution in [0.15, 0.2) is 18.2 Å². The van der Waals surface area contributed by atoms with Crippen LogP contribution in [0.2, 0.25) is 0 Å². The molecule has 7 nitrogen and oxygen atoms in total. The highest BCUT2D eigenvalue weighted by Gasteiger charge is 2.20. The largest absolute Gasteiger partial charge is 0.382 e. The number of para-hydroxylation sites is 1. The predicted octanol–water partition coefficient (Wildman–Crippen LogP) is 1.79. The molecule has 1 unspecified atom stereocenters. The molecule has 0 heterocycles. The predicted molar refractivity (Wildman–Crippen MR) is 76.1 cm³/mol. The van der Waals surface area contributed by atoms with Crippen LogP contribution in [0.25, 0.3) is 0 Å². The van der Waals surface area contributed by atoms with Gasteiger partial charge in [-0.15, -0.1) is 0 Å². The van der Waals surface area contributed by atoms with E-state index in [1.54, 1.807) is 13.1 Å². The minimum Gasteiger partial charge on any atom is -0.382 e. The first-order chi connectivity index (χ1) is 9.51. The van der Waals surface area contributed by atoms with E-state index in [0.717, 1.165) is 0 Å². The Morgan fingerprint density at radius 1 is 1.50 bits per heavy atom. The van der Waals surface area contributed by atoms with E-state index in [-0.39, 0.29) is 28.9 Å². The van der Waals surface area contributed by atoms with Crippen LogP contribution in [-0.4, -0.2) is 37.1 Å². The molecule has 0 aliphatic carbocycles. The van der Waals surface area contributed by atoms with Crippen LogP contribution in [0.3, 0.4) is 0 Å². The van der Waals surface area contributed by atoms with Crippen LogP contribution in [-0.2, 0) is 4.74 Å². The minimum atomic E-state index is -0.522. The first-order valence-corrected chi connectivity index (χ1v) is 6.36. The molecule has 1 rings (SSSR count). The summed E-state index contributed by atoms with van der Waals surface area (Å²) in [5.74, 6) is -0.371. The van der Waals surface area contributed by atoms with E-state index in [0.29, 0.717) is 13.2 Å². The normalized spacial score (nSPS) is 11.8. The van der Waals surface area contributed by atoms with E-state index in [9.17, 15) is 14.9 Å². The standard InChI is InChI=1S/C13H19N3O4/c1-4-20-9(2)8-15-13(17)10-6-5-7-11(16(18)19)12(10)14-3/h5-7,9,14H,4,8H2,1-3H3,(H,15,17). The minimum absolute atomic E-state index is 0.110. The molecule has 0 bridgehead atoms. The Morgan fingerprint density at radius 2 is 2.20 bits per heavy atom. The Balaban J connectivity index is 2.87. The second kappa shape index (κ2) is 7.44. The second-order valence-corrected chi connectivity index (χ2v) is 4.18. The maximum Gasteiger partial charge on any atom is 0.293 e. The van der Waals surface area contributed by atoms with Crippen molar-refractivity contribution in [3.05, 3.63) is 33.9 Å². The third kappa shape index (κ3) is 3.92. The highest BCUT2D eigenvalue weighted by molar-refractivity contribution is 6.01. The Hall–Kier alpha value is -2.15. The highest BCUT2D eigenvalue weighted by Crippen LogP contribution is 2.27. The maximum atomic E-state index is 12.1. The van der Waals surface area contributed by atoms with E-state index < -0.39 is 4.92 Å². The van der Waals surface area contributed by atoms with Crippen molar-refractivity contribution in [1.29, 1.82) is 0 Å². The number of anilines is 1. The third-order valence-electron chi connectivity index (χ3n) is 2.74. The third-order valence-corrected chi connectivity index (χ3v) is 2.74. The first kappa shape index (κ1) is 15.9. The first-order valence-electron chi connectivity index (χ1n) is 6.36. The molecule has 0 fully saturated rings. The molecule has 0 radical (unpaired) electrons. The number of hydrogen-bond donors (Lipinski definition) is 2. The number of ether oxygens (including phenoxy) is 1. The van der Waals surface area contributed by atoms with Crippen molar-refractivity contribution < 1.29 is 14.5 Å². The summed E-state index contributed by atoms with van der Waals surface area (Å²) in [6, 6.07) is 4.38. The van der Waals surface area contributed by atoms with Crippen LogP contribution in [0, 0.1) is 10.1 Å². The molecule has 1 amide bonds. The fourth-order valence-electron chi connectivity index (χ4n) is 1.82. The Bertz CT molecular complexity index is 491. The Morgan fingerprint density at radius 3 is 2.75 bits per heavy atom. The molecule has 0 aromatic heterocycles. The van der Waals surface area contributed by atoms with E-state index in [4.69, 9.17) is 4.74 Å². The summed E-state index contributed by atoms with van der Waals surface area (Å²) < 4.78 is 5.31. The fraction of sp³-hybridized carbons (Fsp3) is 0.462. The molecule has 1 aromatic rings. The SMILES string of the molecule is CCOC(C)CNC(=O)c1cccc([N+](=O)[O-])c1NC. The molecule has 1 aromatic carbocycles. The molecule has 0 aliphatic heterocycles. The van der Waals surface area contributed by atoms with Crippen molar-refractivity contribution in [3.63, 3.8) is 0 Å². The van der Waals surface area contributed by atoms with Gasteiger partial charge in [0, 0.05) is 26.3 Å². The van der Waals surface area contributed by atoms with Crippen molar-refractivity contribution in [2.45, 2.75) is 20.0 Å². The fourth-order valence-corrected chi connectivity index (χ4v) is 1.82. The van der Waals surface area contributed by atoms with Gasteiger partial charge in [0.15, 0.2) is 0 Å². The van der Waals surface area contributed by atoms with Crippen molar-refractivity contribution in [1.82, 2.24) is 5.32 Å². The molecule has 110 valence electrons. The molecular weight excluding hydrogens is 262 g/mol. The Labute approximate surface area is 117 Å². The summed E-state index contributed by atoms with van der Waals surface area (Å²) in [7, 11) is 1.54. The summed E-state index contributed by atoms with van der Waals surface area (Å²) in [6.45, 7) is 4.63. The average molecular weight is 281 g/mol. The van der Waals surface area contributed by atoms with Gasteiger partial charge in [-0.3, -0.25) is 14.9 Å². The van der Waals surface area contributed by atoms with Crippen LogP contribution in [0.1, 0.15) is 24.2 Å². The van der Waals surface area contributed by atoms with Gasteiger partial charge < -0.3 is 15.4 Å². The number of nitrogens with zero attached hydrogens (tertiary/aromatic N) is 1. The van der Waals surface area contributed by atoms with Crippen molar-refractivity contribution in [3.8, 4) is 0 Å². The Kier molecular flexibility index (Phi) is 5.92. The monoisotopic (exact) mass is 281 g/mol. The van der Waals surface area contributed by atoms with Gasteiger partial charge in [-0.2, -0.15) is 0 Å². The number of amides is 1. The molecule has 0 spiro atoms. The number of nitrogens with one attached hydrogen (secondary N) is 2. The van der Waals surface area contributed by atoms with E-state index >= 15 is 0 Å². The molecule has 0 saturated heterocycles. The van der Waals surface area contributed by atoms with Gasteiger partial charge in [0.25, 0.3) is 11.6 Å². The van der Waals surface area contributed by atoms with E-state index in [2.05, 4.69) is 10.6 Å². The lowest BCUT2D eigenvalue weighted by molar-refractivity contribution is -0.384. The number of hydrogen-bond acceptors (Lipinski definition) is 5. The topological polar surface area (TPSA) is 93.5 Å². The van der Waals surface area contributed by atoms with Gasteiger partial charge in [0.2, 0.25) is 0 Å². The van der Waals surface area contributed by atoms with Crippen LogP contribution < -0.4 is 10.6 Å². The van der Waals surface area contributed by atoms with Crippen LogP contribution in [0.4, 0.5) is 11.4 Å². The van der Waals surface area contributed by atoms with Crippen molar-refractivity contribution in [2.75, 3.05) is 25.5 Å². The number of benzene rings is 1. The van der Waals surface area contributed by atoms with Crippen molar-refractivity contribution >= 4 is 17.3 Å². The molecule has 0 saturated carbocycles. The lowest BCUT2D eigenvalue weighted by atomic mass is 10.1. The summed E-state index contributed by atoms with van der Waals surface area (Å²) in [6.07, 6.45) is -0.110.